The van der Waals surface area contributed by atoms with E-state index >= 15 is 0 Å². The Morgan fingerprint density at radius 1 is 1.05 bits per heavy atom. The maximum atomic E-state index is 11.4. The number of hydrogen-bond acceptors (Lipinski definition) is 5. The zero-order chi connectivity index (χ0) is 14.1. The van der Waals surface area contributed by atoms with Gasteiger partial charge in [0.2, 0.25) is 0 Å². The molecule has 0 radical (unpaired) electrons. The Labute approximate surface area is 135 Å². The predicted molar refractivity (Wildman–Crippen MR) is 70.0 cm³/mol. The molecule has 6 nitrogen and oxygen atoms in total. The molecule has 0 aromatic carbocycles. The summed E-state index contributed by atoms with van der Waals surface area (Å²) in [6.07, 6.45) is 0.535. The summed E-state index contributed by atoms with van der Waals surface area (Å²) in [6.45, 7) is 4.60. The SMILES string of the molecule is CCCCCC(=O)OC(C)C(=O)OC(C)C(=O)O.[NaH]. The van der Waals surface area contributed by atoms with E-state index < -0.39 is 30.1 Å². The van der Waals surface area contributed by atoms with Crippen molar-refractivity contribution in [3.05, 3.63) is 0 Å². The first kappa shape index (κ1) is 20.7. The molecule has 0 bridgehead atoms. The normalized spacial score (nSPS) is 12.8. The molecule has 106 valence electrons. The molecule has 0 spiro atoms. The minimum absolute atomic E-state index is 0. The standard InChI is InChI=1S/C12H20O6.Na.H/c1-4-5-6-7-10(13)17-9(3)12(16)18-8(2)11(14)15;;/h8-9H,4-7H2,1-3H3,(H,14,15);;. The molecule has 0 heterocycles. The van der Waals surface area contributed by atoms with Crippen LogP contribution in [0, 0.1) is 0 Å². The van der Waals surface area contributed by atoms with Gasteiger partial charge in [-0.25, -0.2) is 9.59 Å². The molecule has 0 aromatic heterocycles. The van der Waals surface area contributed by atoms with Gasteiger partial charge in [-0.2, -0.15) is 0 Å². The van der Waals surface area contributed by atoms with Crippen LogP contribution >= 0.6 is 0 Å². The molecule has 2 atom stereocenters. The fourth-order valence-corrected chi connectivity index (χ4v) is 1.14. The van der Waals surface area contributed by atoms with E-state index in [1.807, 2.05) is 6.92 Å². The van der Waals surface area contributed by atoms with E-state index in [2.05, 4.69) is 4.74 Å². The van der Waals surface area contributed by atoms with Crippen molar-refractivity contribution in [2.75, 3.05) is 0 Å². The van der Waals surface area contributed by atoms with Crippen molar-refractivity contribution in [3.8, 4) is 0 Å². The molecule has 0 aliphatic heterocycles. The number of carbonyl (C=O) groups is 3. The summed E-state index contributed by atoms with van der Waals surface area (Å²) in [6, 6.07) is 0. The Balaban J connectivity index is 0. The van der Waals surface area contributed by atoms with Crippen molar-refractivity contribution in [1.29, 1.82) is 0 Å². The molecule has 0 amide bonds. The first-order valence-corrected chi connectivity index (χ1v) is 6.01. The van der Waals surface area contributed by atoms with Gasteiger partial charge in [0.25, 0.3) is 0 Å². The van der Waals surface area contributed by atoms with Gasteiger partial charge in [-0.1, -0.05) is 19.8 Å². The summed E-state index contributed by atoms with van der Waals surface area (Å²) in [5, 5.41) is 8.55. The van der Waals surface area contributed by atoms with Crippen molar-refractivity contribution in [3.63, 3.8) is 0 Å². The summed E-state index contributed by atoms with van der Waals surface area (Å²) in [7, 11) is 0. The van der Waals surface area contributed by atoms with Crippen molar-refractivity contribution >= 4 is 47.5 Å². The number of hydrogen-bond donors (Lipinski definition) is 1. The quantitative estimate of drug-likeness (QED) is 0.404. The second-order valence-corrected chi connectivity index (χ2v) is 4.01. The molecule has 0 saturated heterocycles. The minimum atomic E-state index is -1.25. The third-order valence-electron chi connectivity index (χ3n) is 2.27. The van der Waals surface area contributed by atoms with Gasteiger partial charge in [-0.15, -0.1) is 0 Å². The van der Waals surface area contributed by atoms with Gasteiger partial charge in [0.1, 0.15) is 0 Å². The average molecular weight is 284 g/mol. The Kier molecular flexibility index (Phi) is 12.3. The van der Waals surface area contributed by atoms with Gasteiger partial charge in [0, 0.05) is 6.42 Å². The van der Waals surface area contributed by atoms with Crippen LogP contribution in [0.2, 0.25) is 0 Å². The van der Waals surface area contributed by atoms with Crippen molar-refractivity contribution in [2.24, 2.45) is 0 Å². The number of carbonyl (C=O) groups excluding carboxylic acids is 2. The molecule has 0 aliphatic carbocycles. The number of carboxylic acids is 1. The average Bonchev–Trinajstić information content (AvgIpc) is 2.28. The summed E-state index contributed by atoms with van der Waals surface area (Å²) in [5.74, 6) is -2.57. The molecule has 19 heavy (non-hydrogen) atoms. The molecule has 2 unspecified atom stereocenters. The van der Waals surface area contributed by atoms with E-state index in [0.717, 1.165) is 12.8 Å². The van der Waals surface area contributed by atoms with E-state index in [-0.39, 0.29) is 36.0 Å². The van der Waals surface area contributed by atoms with Gasteiger partial charge < -0.3 is 14.6 Å². The molecule has 0 saturated carbocycles. The maximum absolute atomic E-state index is 11.4. The van der Waals surface area contributed by atoms with Gasteiger partial charge in [0.05, 0.1) is 0 Å². The fraction of sp³-hybridized carbons (Fsp3) is 0.750. The first-order valence-electron chi connectivity index (χ1n) is 6.01. The second kappa shape index (κ2) is 11.3. The molecular formula is C12H21NaO6. The van der Waals surface area contributed by atoms with E-state index in [9.17, 15) is 14.4 Å². The zero-order valence-corrected chi connectivity index (χ0v) is 11.0. The summed E-state index contributed by atoms with van der Waals surface area (Å²) >= 11 is 0. The van der Waals surface area contributed by atoms with Crippen molar-refractivity contribution in [1.82, 2.24) is 0 Å². The van der Waals surface area contributed by atoms with Crippen molar-refractivity contribution in [2.45, 2.75) is 58.7 Å². The molecule has 0 rings (SSSR count). The fourth-order valence-electron chi connectivity index (χ4n) is 1.14. The zero-order valence-electron chi connectivity index (χ0n) is 11.0. The van der Waals surface area contributed by atoms with Crippen LogP contribution in [0.5, 0.6) is 0 Å². The third-order valence-corrected chi connectivity index (χ3v) is 2.27. The molecular weight excluding hydrogens is 263 g/mol. The molecule has 0 aliphatic rings. The first-order chi connectivity index (χ1) is 8.38. The van der Waals surface area contributed by atoms with Crippen LogP contribution in [-0.2, 0) is 23.9 Å². The molecule has 0 aromatic rings. The Bertz CT molecular complexity index is 305. The third kappa shape index (κ3) is 9.92. The monoisotopic (exact) mass is 284 g/mol. The van der Waals surface area contributed by atoms with Crippen LogP contribution < -0.4 is 0 Å². The van der Waals surface area contributed by atoms with E-state index in [1.165, 1.54) is 13.8 Å². The van der Waals surface area contributed by atoms with Crippen LogP contribution in [0.3, 0.4) is 0 Å². The number of ether oxygens (including phenoxy) is 2. The molecule has 0 fully saturated rings. The van der Waals surface area contributed by atoms with Crippen LogP contribution in [-0.4, -0.2) is 64.8 Å². The molecule has 7 heteroatoms. The van der Waals surface area contributed by atoms with E-state index in [0.29, 0.717) is 6.42 Å². The summed E-state index contributed by atoms with van der Waals surface area (Å²) in [4.78, 5) is 33.1. The molecule has 1 N–H and O–H groups in total. The van der Waals surface area contributed by atoms with Crippen LogP contribution in [0.25, 0.3) is 0 Å². The predicted octanol–water partition coefficient (Wildman–Crippen LogP) is 0.866. The Morgan fingerprint density at radius 3 is 2.11 bits per heavy atom. The van der Waals surface area contributed by atoms with Gasteiger partial charge in [-0.3, -0.25) is 4.79 Å². The van der Waals surface area contributed by atoms with Gasteiger partial charge in [-0.05, 0) is 20.3 Å². The van der Waals surface area contributed by atoms with Crippen LogP contribution in [0.4, 0.5) is 0 Å². The Hall–Kier alpha value is -0.590. The second-order valence-electron chi connectivity index (χ2n) is 4.01. The summed E-state index contributed by atoms with van der Waals surface area (Å²) in [5.41, 5.74) is 0. The van der Waals surface area contributed by atoms with E-state index in [4.69, 9.17) is 9.84 Å². The number of aliphatic carboxylic acids is 1. The number of carboxylic acid groups (broad SMARTS) is 1. The summed E-state index contributed by atoms with van der Waals surface area (Å²) < 4.78 is 9.42. The van der Waals surface area contributed by atoms with Crippen LogP contribution in [0.1, 0.15) is 46.5 Å². The van der Waals surface area contributed by atoms with Crippen LogP contribution in [0.15, 0.2) is 0 Å². The van der Waals surface area contributed by atoms with E-state index in [1.54, 1.807) is 0 Å². The number of rotatable bonds is 8. The number of unbranched alkanes of at least 4 members (excludes halogenated alkanes) is 2. The Morgan fingerprint density at radius 2 is 1.63 bits per heavy atom. The van der Waals surface area contributed by atoms with Crippen molar-refractivity contribution < 1.29 is 29.0 Å². The van der Waals surface area contributed by atoms with Gasteiger partial charge >= 0.3 is 47.5 Å². The topological polar surface area (TPSA) is 89.9 Å². The van der Waals surface area contributed by atoms with Gasteiger partial charge in [0.15, 0.2) is 12.2 Å². The number of esters is 2.